The fraction of sp³-hybridized carbons (Fsp3) is 0.692. The normalized spacial score (nSPS) is 20.4. The Labute approximate surface area is 103 Å². The van der Waals surface area contributed by atoms with Crippen LogP contribution in [0.1, 0.15) is 32.6 Å². The molecule has 1 rings (SSSR count). The molecule has 1 aliphatic heterocycles. The predicted octanol–water partition coefficient (Wildman–Crippen LogP) is 1.47. The van der Waals surface area contributed by atoms with E-state index in [1.54, 1.807) is 0 Å². The fourth-order valence-electron chi connectivity index (χ4n) is 2.37. The molecule has 1 unspecified atom stereocenters. The van der Waals surface area contributed by atoms with Gasteiger partial charge in [0.1, 0.15) is 17.5 Å². The zero-order chi connectivity index (χ0) is 12.8. The van der Waals surface area contributed by atoms with Crippen molar-refractivity contribution in [3.63, 3.8) is 0 Å². The van der Waals surface area contributed by atoms with Crippen molar-refractivity contribution in [2.45, 2.75) is 32.6 Å². The lowest BCUT2D eigenvalue weighted by Crippen LogP contribution is -2.32. The first-order valence-corrected chi connectivity index (χ1v) is 6.13. The van der Waals surface area contributed by atoms with E-state index in [-0.39, 0.29) is 18.3 Å². The van der Waals surface area contributed by atoms with Crippen LogP contribution >= 0.6 is 0 Å². The van der Waals surface area contributed by atoms with Gasteiger partial charge in [-0.3, -0.25) is 4.79 Å². The zero-order valence-electron chi connectivity index (χ0n) is 10.6. The van der Waals surface area contributed by atoms with Gasteiger partial charge in [0.2, 0.25) is 0 Å². The molecule has 1 aliphatic rings. The number of aliphatic hydroxyl groups is 1. The summed E-state index contributed by atoms with van der Waals surface area (Å²) in [6.45, 7) is 2.79. The van der Waals surface area contributed by atoms with Gasteiger partial charge in [-0.15, -0.1) is 0 Å². The van der Waals surface area contributed by atoms with Crippen molar-refractivity contribution in [2.75, 3.05) is 20.2 Å². The molecule has 1 heterocycles. The molecule has 0 aliphatic carbocycles. The molecule has 0 bridgehead atoms. The molecule has 0 saturated heterocycles. The van der Waals surface area contributed by atoms with E-state index in [0.717, 1.165) is 25.0 Å². The number of hydrogen-bond acceptors (Lipinski definition) is 4. The van der Waals surface area contributed by atoms with Crippen molar-refractivity contribution in [3.8, 4) is 6.07 Å². The average molecular weight is 236 g/mol. The summed E-state index contributed by atoms with van der Waals surface area (Å²) in [7, 11) is 1.89. The van der Waals surface area contributed by atoms with Gasteiger partial charge in [0.25, 0.3) is 0 Å². The number of aliphatic hydroxyl groups excluding tert-OH is 1. The monoisotopic (exact) mass is 236 g/mol. The molecular formula is C13H20N2O2. The first-order chi connectivity index (χ1) is 8.15. The summed E-state index contributed by atoms with van der Waals surface area (Å²) in [4.78, 5) is 13.9. The van der Waals surface area contributed by atoms with Gasteiger partial charge in [-0.1, -0.05) is 6.92 Å². The van der Waals surface area contributed by atoms with Crippen molar-refractivity contribution in [1.29, 1.82) is 5.26 Å². The first kappa shape index (κ1) is 13.7. The third kappa shape index (κ3) is 3.07. The van der Waals surface area contributed by atoms with Crippen molar-refractivity contribution in [2.24, 2.45) is 5.92 Å². The lowest BCUT2D eigenvalue weighted by molar-refractivity contribution is -0.122. The standard InChI is InChI=1S/C13H20N2O2/c1-3-10-11(13(17)5-4-8-16)6-7-15(2)12(10)9-14/h11,16H,3-8H2,1-2H3. The van der Waals surface area contributed by atoms with Crippen LogP contribution in [0.2, 0.25) is 0 Å². The van der Waals surface area contributed by atoms with E-state index in [4.69, 9.17) is 10.4 Å². The van der Waals surface area contributed by atoms with Crippen LogP contribution in [0.15, 0.2) is 11.3 Å². The molecule has 0 fully saturated rings. The summed E-state index contributed by atoms with van der Waals surface area (Å²) in [5.74, 6) is 0.0501. The number of nitriles is 1. The Balaban J connectivity index is 2.90. The second-order valence-corrected chi connectivity index (χ2v) is 4.40. The smallest absolute Gasteiger partial charge is 0.140 e. The van der Waals surface area contributed by atoms with Crippen LogP contribution in [-0.2, 0) is 4.79 Å². The lowest BCUT2D eigenvalue weighted by Gasteiger charge is -2.31. The minimum Gasteiger partial charge on any atom is -0.396 e. The third-order valence-corrected chi connectivity index (χ3v) is 3.32. The van der Waals surface area contributed by atoms with E-state index < -0.39 is 0 Å². The second-order valence-electron chi connectivity index (χ2n) is 4.40. The molecule has 1 atom stereocenters. The fourth-order valence-corrected chi connectivity index (χ4v) is 2.37. The van der Waals surface area contributed by atoms with Gasteiger partial charge in [-0.05, 0) is 24.8 Å². The zero-order valence-corrected chi connectivity index (χ0v) is 10.6. The Bertz CT molecular complexity index is 355. The second kappa shape index (κ2) is 6.41. The summed E-state index contributed by atoms with van der Waals surface area (Å²) in [5, 5.41) is 17.9. The molecule has 17 heavy (non-hydrogen) atoms. The highest BCUT2D eigenvalue weighted by molar-refractivity contribution is 5.84. The number of carbonyl (C=O) groups excluding carboxylic acids is 1. The first-order valence-electron chi connectivity index (χ1n) is 6.13. The Morgan fingerprint density at radius 2 is 2.35 bits per heavy atom. The van der Waals surface area contributed by atoms with E-state index in [0.29, 0.717) is 18.5 Å². The van der Waals surface area contributed by atoms with Crippen molar-refractivity contribution in [1.82, 2.24) is 4.90 Å². The van der Waals surface area contributed by atoms with Gasteiger partial charge < -0.3 is 10.0 Å². The highest BCUT2D eigenvalue weighted by Gasteiger charge is 2.29. The van der Waals surface area contributed by atoms with E-state index >= 15 is 0 Å². The summed E-state index contributed by atoms with van der Waals surface area (Å²) in [6, 6.07) is 2.20. The molecule has 0 saturated carbocycles. The number of rotatable bonds is 5. The number of carbonyl (C=O) groups is 1. The quantitative estimate of drug-likeness (QED) is 0.785. The third-order valence-electron chi connectivity index (χ3n) is 3.32. The molecule has 0 radical (unpaired) electrons. The van der Waals surface area contributed by atoms with Crippen molar-refractivity contribution in [3.05, 3.63) is 11.3 Å². The molecule has 94 valence electrons. The average Bonchev–Trinajstić information content (AvgIpc) is 2.35. The molecule has 1 N–H and O–H groups in total. The van der Waals surface area contributed by atoms with Crippen LogP contribution in [0.5, 0.6) is 0 Å². The van der Waals surface area contributed by atoms with E-state index in [2.05, 4.69) is 6.07 Å². The SMILES string of the molecule is CCC1=C(C#N)N(C)CCC1C(=O)CCCO. The Morgan fingerprint density at radius 3 is 2.88 bits per heavy atom. The predicted molar refractivity (Wildman–Crippen MR) is 65.0 cm³/mol. The topological polar surface area (TPSA) is 64.3 Å². The van der Waals surface area contributed by atoms with E-state index in [1.165, 1.54) is 0 Å². The largest absolute Gasteiger partial charge is 0.396 e. The molecule has 0 aromatic rings. The Morgan fingerprint density at radius 1 is 1.65 bits per heavy atom. The van der Waals surface area contributed by atoms with Crippen LogP contribution in [0, 0.1) is 17.2 Å². The minimum atomic E-state index is -0.114. The Kier molecular flexibility index (Phi) is 5.17. The van der Waals surface area contributed by atoms with Gasteiger partial charge in [-0.25, -0.2) is 0 Å². The molecule has 0 aromatic carbocycles. The van der Waals surface area contributed by atoms with Gasteiger partial charge >= 0.3 is 0 Å². The number of Topliss-reactive ketones (excluding diaryl/α,β-unsaturated/α-hetero) is 1. The van der Waals surface area contributed by atoms with Crippen LogP contribution < -0.4 is 0 Å². The van der Waals surface area contributed by atoms with Crippen LogP contribution in [-0.4, -0.2) is 36.0 Å². The molecule has 4 nitrogen and oxygen atoms in total. The van der Waals surface area contributed by atoms with E-state index in [1.807, 2.05) is 18.9 Å². The number of nitrogens with zero attached hydrogens (tertiary/aromatic N) is 2. The molecule has 0 spiro atoms. The number of ketones is 1. The van der Waals surface area contributed by atoms with E-state index in [9.17, 15) is 4.79 Å². The highest BCUT2D eigenvalue weighted by atomic mass is 16.3. The summed E-state index contributed by atoms with van der Waals surface area (Å²) < 4.78 is 0. The maximum Gasteiger partial charge on any atom is 0.140 e. The maximum absolute atomic E-state index is 12.0. The highest BCUT2D eigenvalue weighted by Crippen LogP contribution is 2.30. The van der Waals surface area contributed by atoms with Crippen molar-refractivity contribution < 1.29 is 9.90 Å². The number of allylic oxidation sites excluding steroid dienone is 2. The molecule has 4 heteroatoms. The molecular weight excluding hydrogens is 216 g/mol. The van der Waals surface area contributed by atoms with Gasteiger partial charge in [-0.2, -0.15) is 5.26 Å². The van der Waals surface area contributed by atoms with Gasteiger partial charge in [0.05, 0.1) is 0 Å². The van der Waals surface area contributed by atoms with Crippen molar-refractivity contribution >= 4 is 5.78 Å². The van der Waals surface area contributed by atoms with Crippen LogP contribution in [0.25, 0.3) is 0 Å². The van der Waals surface area contributed by atoms with Crippen LogP contribution in [0.4, 0.5) is 0 Å². The maximum atomic E-state index is 12.0. The van der Waals surface area contributed by atoms with Gasteiger partial charge in [0.15, 0.2) is 0 Å². The summed E-state index contributed by atoms with van der Waals surface area (Å²) >= 11 is 0. The summed E-state index contributed by atoms with van der Waals surface area (Å²) in [5.41, 5.74) is 1.62. The minimum absolute atomic E-state index is 0.0502. The lowest BCUT2D eigenvalue weighted by atomic mass is 9.84. The molecule has 0 amide bonds. The summed E-state index contributed by atoms with van der Waals surface area (Å²) in [6.07, 6.45) is 2.45. The van der Waals surface area contributed by atoms with Gasteiger partial charge in [0, 0.05) is 32.5 Å². The Hall–Kier alpha value is -1.34. The molecule has 0 aromatic heterocycles. The number of hydrogen-bond donors (Lipinski definition) is 1. The van der Waals surface area contributed by atoms with Crippen LogP contribution in [0.3, 0.4) is 0 Å².